The molecular formula is C16H16F3N3O3S. The van der Waals surface area contributed by atoms with Crippen LogP contribution in [0.5, 0.6) is 0 Å². The standard InChI is InChI=1S/C16H16F3N3O3S/c17-16(18,19)12-4-1-3-11(7-12)9-21-26(24,25)13-8-14-15(23)20-5-2-6-22(14)10-13/h1,3-4,7-8,10,21H,2,5-6,9H2,(H,20,23). The van der Waals surface area contributed by atoms with Crippen LogP contribution in [0.2, 0.25) is 0 Å². The molecule has 3 rings (SSSR count). The number of nitrogens with one attached hydrogen (secondary N) is 2. The van der Waals surface area contributed by atoms with E-state index in [1.165, 1.54) is 24.4 Å². The summed E-state index contributed by atoms with van der Waals surface area (Å²) in [5, 5.41) is 2.66. The highest BCUT2D eigenvalue weighted by atomic mass is 32.2. The molecule has 1 aromatic heterocycles. The van der Waals surface area contributed by atoms with Crippen LogP contribution in [0.1, 0.15) is 28.0 Å². The van der Waals surface area contributed by atoms with Gasteiger partial charge >= 0.3 is 6.18 Å². The first-order valence-electron chi connectivity index (χ1n) is 7.81. The Balaban J connectivity index is 1.78. The lowest BCUT2D eigenvalue weighted by Gasteiger charge is -2.09. The van der Waals surface area contributed by atoms with Crippen molar-refractivity contribution >= 4 is 15.9 Å². The summed E-state index contributed by atoms with van der Waals surface area (Å²) >= 11 is 0. The van der Waals surface area contributed by atoms with Crippen LogP contribution < -0.4 is 10.0 Å². The Morgan fingerprint density at radius 2 is 2.00 bits per heavy atom. The van der Waals surface area contributed by atoms with Gasteiger partial charge in [0, 0.05) is 25.8 Å². The number of carbonyl (C=O) groups is 1. The highest BCUT2D eigenvalue weighted by Crippen LogP contribution is 2.29. The molecule has 1 aliphatic rings. The topological polar surface area (TPSA) is 80.2 Å². The lowest BCUT2D eigenvalue weighted by atomic mass is 10.1. The maximum Gasteiger partial charge on any atom is 0.416 e. The first-order valence-corrected chi connectivity index (χ1v) is 9.29. The fourth-order valence-corrected chi connectivity index (χ4v) is 3.72. The number of fused-ring (bicyclic) bond motifs is 1. The lowest BCUT2D eigenvalue weighted by molar-refractivity contribution is -0.137. The molecule has 10 heteroatoms. The number of nitrogens with zero attached hydrogens (tertiary/aromatic N) is 1. The number of amides is 1. The number of benzene rings is 1. The van der Waals surface area contributed by atoms with Crippen LogP contribution >= 0.6 is 0 Å². The van der Waals surface area contributed by atoms with E-state index < -0.39 is 21.8 Å². The minimum Gasteiger partial charge on any atom is -0.351 e. The van der Waals surface area contributed by atoms with Gasteiger partial charge in [0.25, 0.3) is 5.91 Å². The molecule has 2 N–H and O–H groups in total. The van der Waals surface area contributed by atoms with Gasteiger partial charge in [0.15, 0.2) is 0 Å². The average Bonchev–Trinajstić information content (AvgIpc) is 2.94. The molecule has 0 saturated heterocycles. The maximum atomic E-state index is 12.7. The van der Waals surface area contributed by atoms with Crippen LogP contribution in [0.25, 0.3) is 0 Å². The van der Waals surface area contributed by atoms with Gasteiger partial charge < -0.3 is 9.88 Å². The summed E-state index contributed by atoms with van der Waals surface area (Å²) in [5.74, 6) is -0.359. The summed E-state index contributed by atoms with van der Waals surface area (Å²) < 4.78 is 66.9. The molecule has 0 saturated carbocycles. The number of carbonyl (C=O) groups excluding carboxylic acids is 1. The van der Waals surface area contributed by atoms with Gasteiger partial charge in [0.2, 0.25) is 10.0 Å². The SMILES string of the molecule is O=C1NCCCn2cc(S(=O)(=O)NCc3cccc(C(F)(F)F)c3)cc21. The molecule has 0 bridgehead atoms. The third-order valence-corrected chi connectivity index (χ3v) is 5.36. The lowest BCUT2D eigenvalue weighted by Crippen LogP contribution is -2.24. The molecule has 2 heterocycles. The molecule has 0 aliphatic carbocycles. The fourth-order valence-electron chi connectivity index (χ4n) is 2.67. The monoisotopic (exact) mass is 387 g/mol. The smallest absolute Gasteiger partial charge is 0.351 e. The number of alkyl halides is 3. The molecule has 0 spiro atoms. The molecule has 140 valence electrons. The average molecular weight is 387 g/mol. The fraction of sp³-hybridized carbons (Fsp3) is 0.312. The Labute approximate surface area is 148 Å². The minimum absolute atomic E-state index is 0.100. The second-order valence-electron chi connectivity index (χ2n) is 5.89. The van der Waals surface area contributed by atoms with Gasteiger partial charge in [-0.25, -0.2) is 13.1 Å². The van der Waals surface area contributed by atoms with E-state index in [0.717, 1.165) is 12.1 Å². The number of sulfonamides is 1. The van der Waals surface area contributed by atoms with Gasteiger partial charge in [-0.1, -0.05) is 18.2 Å². The van der Waals surface area contributed by atoms with Crippen molar-refractivity contribution < 1.29 is 26.4 Å². The van der Waals surface area contributed by atoms with Crippen molar-refractivity contribution in [1.82, 2.24) is 14.6 Å². The van der Waals surface area contributed by atoms with E-state index in [1.54, 1.807) is 4.57 Å². The zero-order valence-electron chi connectivity index (χ0n) is 13.5. The van der Waals surface area contributed by atoms with Gasteiger partial charge in [-0.2, -0.15) is 13.2 Å². The van der Waals surface area contributed by atoms with E-state index >= 15 is 0 Å². The van der Waals surface area contributed by atoms with E-state index in [4.69, 9.17) is 0 Å². The van der Waals surface area contributed by atoms with Crippen molar-refractivity contribution in [2.45, 2.75) is 30.6 Å². The molecule has 0 atom stereocenters. The normalized spacial score (nSPS) is 15.3. The van der Waals surface area contributed by atoms with E-state index in [1.807, 2.05) is 0 Å². The Morgan fingerprint density at radius 3 is 2.73 bits per heavy atom. The summed E-state index contributed by atoms with van der Waals surface area (Å²) in [7, 11) is -3.97. The number of hydrogen-bond acceptors (Lipinski definition) is 3. The molecule has 0 unspecified atom stereocenters. The zero-order valence-corrected chi connectivity index (χ0v) is 14.3. The Bertz CT molecular complexity index is 936. The first-order chi connectivity index (χ1) is 12.2. The number of halogens is 3. The Kier molecular flexibility index (Phi) is 4.80. The van der Waals surface area contributed by atoms with Crippen molar-refractivity contribution in [1.29, 1.82) is 0 Å². The van der Waals surface area contributed by atoms with Gasteiger partial charge in [0.1, 0.15) is 10.6 Å². The molecular weight excluding hydrogens is 371 g/mol. The van der Waals surface area contributed by atoms with Gasteiger partial charge in [0.05, 0.1) is 5.56 Å². The van der Waals surface area contributed by atoms with Crippen LogP contribution in [0, 0.1) is 0 Å². The number of aryl methyl sites for hydroxylation is 1. The van der Waals surface area contributed by atoms with Gasteiger partial charge in [-0.15, -0.1) is 0 Å². The second-order valence-corrected chi connectivity index (χ2v) is 7.65. The summed E-state index contributed by atoms with van der Waals surface area (Å²) in [5.41, 5.74) is -0.426. The van der Waals surface area contributed by atoms with Crippen LogP contribution in [-0.4, -0.2) is 25.4 Å². The molecule has 0 radical (unpaired) electrons. The predicted molar refractivity (Wildman–Crippen MR) is 86.9 cm³/mol. The van der Waals surface area contributed by atoms with Crippen molar-refractivity contribution in [3.05, 3.63) is 53.3 Å². The van der Waals surface area contributed by atoms with Crippen molar-refractivity contribution in [2.24, 2.45) is 0 Å². The highest BCUT2D eigenvalue weighted by Gasteiger charge is 2.30. The molecule has 2 aromatic rings. The quantitative estimate of drug-likeness (QED) is 0.843. The zero-order chi connectivity index (χ0) is 18.9. The highest BCUT2D eigenvalue weighted by molar-refractivity contribution is 7.89. The molecule has 6 nitrogen and oxygen atoms in total. The van der Waals surface area contributed by atoms with Crippen LogP contribution in [0.3, 0.4) is 0 Å². The van der Waals surface area contributed by atoms with Gasteiger partial charge in [-0.3, -0.25) is 4.79 Å². The summed E-state index contributed by atoms with van der Waals surface area (Å²) in [6.45, 7) is 0.715. The molecule has 1 aliphatic heterocycles. The predicted octanol–water partition coefficient (Wildman–Crippen LogP) is 2.12. The van der Waals surface area contributed by atoms with E-state index in [2.05, 4.69) is 10.0 Å². The minimum atomic E-state index is -4.50. The summed E-state index contributed by atoms with van der Waals surface area (Å²) in [6, 6.07) is 5.69. The molecule has 26 heavy (non-hydrogen) atoms. The summed E-state index contributed by atoms with van der Waals surface area (Å²) in [6.07, 6.45) is -2.47. The summed E-state index contributed by atoms with van der Waals surface area (Å²) in [4.78, 5) is 11.8. The molecule has 1 aromatic carbocycles. The number of rotatable bonds is 4. The van der Waals surface area contributed by atoms with Crippen LogP contribution in [0.4, 0.5) is 13.2 Å². The van der Waals surface area contributed by atoms with Crippen LogP contribution in [-0.2, 0) is 29.3 Å². The van der Waals surface area contributed by atoms with Crippen molar-refractivity contribution in [3.63, 3.8) is 0 Å². The Hall–Kier alpha value is -2.33. The second kappa shape index (κ2) is 6.76. The number of aromatic nitrogens is 1. The van der Waals surface area contributed by atoms with Gasteiger partial charge in [-0.05, 0) is 24.1 Å². The largest absolute Gasteiger partial charge is 0.416 e. The van der Waals surface area contributed by atoms with Crippen LogP contribution in [0.15, 0.2) is 41.4 Å². The molecule has 0 fully saturated rings. The van der Waals surface area contributed by atoms with E-state index in [9.17, 15) is 26.4 Å². The van der Waals surface area contributed by atoms with Crippen molar-refractivity contribution in [2.75, 3.05) is 6.54 Å². The Morgan fingerprint density at radius 1 is 1.23 bits per heavy atom. The number of hydrogen-bond donors (Lipinski definition) is 2. The maximum absolute atomic E-state index is 12.7. The van der Waals surface area contributed by atoms with E-state index in [0.29, 0.717) is 19.5 Å². The third-order valence-electron chi connectivity index (χ3n) is 4.00. The molecule has 1 amide bonds. The van der Waals surface area contributed by atoms with Crippen molar-refractivity contribution in [3.8, 4) is 0 Å². The first kappa shape index (κ1) is 18.5. The van der Waals surface area contributed by atoms with E-state index in [-0.39, 0.29) is 28.6 Å². The third kappa shape index (κ3) is 3.91.